The second-order valence-corrected chi connectivity index (χ2v) is 6.18. The molecule has 3 aromatic rings. The number of rotatable bonds is 8. The van der Waals surface area contributed by atoms with E-state index in [0.29, 0.717) is 11.5 Å². The smallest absolute Gasteiger partial charge is 0.338 e. The van der Waals surface area contributed by atoms with Gasteiger partial charge in [0.05, 0.1) is 15.4 Å². The van der Waals surface area contributed by atoms with Gasteiger partial charge in [-0.3, -0.25) is 25.0 Å². The maximum Gasteiger partial charge on any atom is 0.338 e. The van der Waals surface area contributed by atoms with Gasteiger partial charge in [-0.25, -0.2) is 4.79 Å². The Morgan fingerprint density at radius 1 is 0.677 bits per heavy atom. The molecule has 0 bridgehead atoms. The normalized spacial score (nSPS) is 10.2. The maximum absolute atomic E-state index is 12.1. The molecule has 0 heterocycles. The first-order valence-corrected chi connectivity index (χ1v) is 8.80. The monoisotopic (exact) mass is 422 g/mol. The molecule has 0 unspecified atom stereocenters. The summed E-state index contributed by atoms with van der Waals surface area (Å²) in [5.41, 5.74) is 0.163. The third-order valence-corrected chi connectivity index (χ3v) is 4.11. The van der Waals surface area contributed by atoms with Crippen LogP contribution in [-0.4, -0.2) is 28.2 Å². The van der Waals surface area contributed by atoms with E-state index in [-0.39, 0.29) is 22.5 Å². The SMILES string of the molecule is O=C(COC(=O)c1ccc(Oc2ccc([N+](=O)[O-])cc2)cc1)c1ccc([N+](=O)[O-])cc1. The predicted molar refractivity (Wildman–Crippen MR) is 107 cm³/mol. The summed E-state index contributed by atoms with van der Waals surface area (Å²) in [6.45, 7) is -0.516. The van der Waals surface area contributed by atoms with E-state index < -0.39 is 28.2 Å². The van der Waals surface area contributed by atoms with Crippen LogP contribution in [-0.2, 0) is 4.74 Å². The van der Waals surface area contributed by atoms with Crippen LogP contribution in [0.5, 0.6) is 11.5 Å². The van der Waals surface area contributed by atoms with Gasteiger partial charge in [-0.1, -0.05) is 0 Å². The Labute approximate surface area is 174 Å². The van der Waals surface area contributed by atoms with Crippen molar-refractivity contribution in [3.05, 3.63) is 104 Å². The van der Waals surface area contributed by atoms with Crippen LogP contribution in [0.4, 0.5) is 11.4 Å². The Bertz CT molecular complexity index is 1120. The highest BCUT2D eigenvalue weighted by Gasteiger charge is 2.14. The molecule has 3 aromatic carbocycles. The van der Waals surface area contributed by atoms with Gasteiger partial charge in [-0.05, 0) is 48.5 Å². The summed E-state index contributed by atoms with van der Waals surface area (Å²) < 4.78 is 10.5. The molecule has 0 fully saturated rings. The van der Waals surface area contributed by atoms with Crippen molar-refractivity contribution >= 4 is 23.1 Å². The van der Waals surface area contributed by atoms with Crippen LogP contribution in [0, 0.1) is 20.2 Å². The van der Waals surface area contributed by atoms with Crippen LogP contribution in [0.3, 0.4) is 0 Å². The van der Waals surface area contributed by atoms with Gasteiger partial charge in [-0.2, -0.15) is 0 Å². The fraction of sp³-hybridized carbons (Fsp3) is 0.0476. The standard InChI is InChI=1S/C21H14N2O8/c24-20(14-1-5-16(6-2-14)22(26)27)13-30-21(25)15-3-9-18(10-4-15)31-19-11-7-17(8-12-19)23(28)29/h1-12H,13H2. The summed E-state index contributed by atoms with van der Waals surface area (Å²) in [5, 5.41) is 21.3. The van der Waals surface area contributed by atoms with Crippen LogP contribution in [0.25, 0.3) is 0 Å². The van der Waals surface area contributed by atoms with Crippen molar-refractivity contribution < 1.29 is 28.9 Å². The number of esters is 1. The van der Waals surface area contributed by atoms with E-state index in [1.165, 1.54) is 72.8 Å². The lowest BCUT2D eigenvalue weighted by molar-refractivity contribution is -0.385. The van der Waals surface area contributed by atoms with Crippen molar-refractivity contribution in [3.63, 3.8) is 0 Å². The van der Waals surface area contributed by atoms with Gasteiger partial charge in [0.1, 0.15) is 11.5 Å². The minimum absolute atomic E-state index is 0.0614. The van der Waals surface area contributed by atoms with Crippen molar-refractivity contribution in [1.82, 2.24) is 0 Å². The molecular formula is C21H14N2O8. The topological polar surface area (TPSA) is 139 Å². The lowest BCUT2D eigenvalue weighted by Crippen LogP contribution is -2.14. The predicted octanol–water partition coefficient (Wildman–Crippen LogP) is 4.34. The van der Waals surface area contributed by atoms with Crippen molar-refractivity contribution in [2.45, 2.75) is 0 Å². The van der Waals surface area contributed by atoms with E-state index in [1.54, 1.807) is 0 Å². The summed E-state index contributed by atoms with van der Waals surface area (Å²) >= 11 is 0. The molecule has 0 aliphatic heterocycles. The van der Waals surface area contributed by atoms with Gasteiger partial charge in [-0.15, -0.1) is 0 Å². The Kier molecular flexibility index (Phi) is 6.31. The summed E-state index contributed by atoms with van der Waals surface area (Å²) in [7, 11) is 0. The highest BCUT2D eigenvalue weighted by molar-refractivity contribution is 5.99. The molecule has 0 saturated carbocycles. The molecule has 10 nitrogen and oxygen atoms in total. The van der Waals surface area contributed by atoms with E-state index in [1.807, 2.05) is 0 Å². The first-order chi connectivity index (χ1) is 14.8. The first kappa shape index (κ1) is 21.1. The second-order valence-electron chi connectivity index (χ2n) is 6.18. The lowest BCUT2D eigenvalue weighted by Gasteiger charge is -2.07. The number of Topliss-reactive ketones (excluding diaryl/α,β-unsaturated/α-hetero) is 1. The summed E-state index contributed by atoms with van der Waals surface area (Å²) in [5.74, 6) is -0.444. The quantitative estimate of drug-likeness (QED) is 0.226. The fourth-order valence-corrected chi connectivity index (χ4v) is 2.50. The number of ether oxygens (including phenoxy) is 2. The second kappa shape index (κ2) is 9.27. The lowest BCUT2D eigenvalue weighted by atomic mass is 10.1. The number of hydrogen-bond donors (Lipinski definition) is 0. The molecule has 0 spiro atoms. The summed E-state index contributed by atoms with van der Waals surface area (Å²) in [4.78, 5) is 44.4. The zero-order valence-corrected chi connectivity index (χ0v) is 15.8. The van der Waals surface area contributed by atoms with Crippen LogP contribution in [0.2, 0.25) is 0 Å². The van der Waals surface area contributed by atoms with E-state index in [9.17, 15) is 29.8 Å². The molecule has 3 rings (SSSR count). The number of ketones is 1. The summed E-state index contributed by atoms with van der Waals surface area (Å²) in [6, 6.07) is 16.4. The van der Waals surface area contributed by atoms with Gasteiger partial charge >= 0.3 is 5.97 Å². The Balaban J connectivity index is 1.55. The molecule has 0 atom stereocenters. The molecule has 0 saturated heterocycles. The highest BCUT2D eigenvalue weighted by Crippen LogP contribution is 2.24. The van der Waals surface area contributed by atoms with E-state index >= 15 is 0 Å². The number of carbonyl (C=O) groups excluding carboxylic acids is 2. The fourth-order valence-electron chi connectivity index (χ4n) is 2.50. The maximum atomic E-state index is 12.1. The van der Waals surface area contributed by atoms with Gasteiger partial charge < -0.3 is 9.47 Å². The Morgan fingerprint density at radius 3 is 1.58 bits per heavy atom. The van der Waals surface area contributed by atoms with E-state index in [4.69, 9.17) is 9.47 Å². The summed E-state index contributed by atoms with van der Waals surface area (Å²) in [6.07, 6.45) is 0. The average molecular weight is 422 g/mol. The number of benzene rings is 3. The highest BCUT2D eigenvalue weighted by atomic mass is 16.6. The number of hydrogen-bond acceptors (Lipinski definition) is 8. The van der Waals surface area contributed by atoms with Crippen molar-refractivity contribution in [3.8, 4) is 11.5 Å². The van der Waals surface area contributed by atoms with Crippen molar-refractivity contribution in [2.75, 3.05) is 6.61 Å². The zero-order valence-electron chi connectivity index (χ0n) is 15.8. The first-order valence-electron chi connectivity index (χ1n) is 8.80. The van der Waals surface area contributed by atoms with Gasteiger partial charge in [0.25, 0.3) is 11.4 Å². The molecule has 0 N–H and O–H groups in total. The molecule has 10 heteroatoms. The van der Waals surface area contributed by atoms with Crippen molar-refractivity contribution in [2.24, 2.45) is 0 Å². The van der Waals surface area contributed by atoms with Crippen LogP contribution >= 0.6 is 0 Å². The van der Waals surface area contributed by atoms with E-state index in [0.717, 1.165) is 0 Å². The van der Waals surface area contributed by atoms with Crippen molar-refractivity contribution in [1.29, 1.82) is 0 Å². The number of non-ortho nitro benzene ring substituents is 2. The molecule has 0 amide bonds. The van der Waals surface area contributed by atoms with Crippen LogP contribution in [0.15, 0.2) is 72.8 Å². The van der Waals surface area contributed by atoms with Gasteiger partial charge in [0.2, 0.25) is 0 Å². The van der Waals surface area contributed by atoms with Gasteiger partial charge in [0, 0.05) is 29.8 Å². The minimum atomic E-state index is -0.725. The molecule has 0 aliphatic carbocycles. The minimum Gasteiger partial charge on any atom is -0.457 e. The molecular weight excluding hydrogens is 408 g/mol. The number of nitro benzene ring substituents is 2. The zero-order chi connectivity index (χ0) is 22.4. The van der Waals surface area contributed by atoms with E-state index in [2.05, 4.69) is 0 Å². The number of nitro groups is 2. The molecule has 0 aliphatic rings. The average Bonchev–Trinajstić information content (AvgIpc) is 2.78. The number of nitrogens with zero attached hydrogens (tertiary/aromatic N) is 2. The van der Waals surface area contributed by atoms with Gasteiger partial charge in [0.15, 0.2) is 12.4 Å². The third kappa shape index (κ3) is 5.48. The largest absolute Gasteiger partial charge is 0.457 e. The molecule has 0 aromatic heterocycles. The van der Waals surface area contributed by atoms with Crippen LogP contribution < -0.4 is 4.74 Å². The molecule has 31 heavy (non-hydrogen) atoms. The molecule has 0 radical (unpaired) electrons. The number of carbonyl (C=O) groups is 2. The molecule has 156 valence electrons. The third-order valence-electron chi connectivity index (χ3n) is 4.11. The Hall–Kier alpha value is -4.60. The Morgan fingerprint density at radius 2 is 1.10 bits per heavy atom. The van der Waals surface area contributed by atoms with Crippen LogP contribution in [0.1, 0.15) is 20.7 Å².